The van der Waals surface area contributed by atoms with E-state index in [2.05, 4.69) is 15.3 Å². The second-order valence-electron chi connectivity index (χ2n) is 6.59. The van der Waals surface area contributed by atoms with Crippen LogP contribution in [0.3, 0.4) is 0 Å². The fraction of sp³-hybridized carbons (Fsp3) is 0.143. The molecule has 7 nitrogen and oxygen atoms in total. The first-order valence-electron chi connectivity index (χ1n) is 8.82. The van der Waals surface area contributed by atoms with Crippen molar-refractivity contribution in [3.05, 3.63) is 87.4 Å². The summed E-state index contributed by atoms with van der Waals surface area (Å²) in [6.45, 7) is 0.877. The first kappa shape index (κ1) is 17.7. The number of nitroso groups, excluding NO2 is 2. The first-order valence-corrected chi connectivity index (χ1v) is 8.82. The lowest BCUT2D eigenvalue weighted by molar-refractivity contribution is 0.0735. The van der Waals surface area contributed by atoms with E-state index in [1.165, 1.54) is 0 Å². The number of pyridine rings is 1. The second-order valence-corrected chi connectivity index (χ2v) is 6.59. The number of benzene rings is 2. The second kappa shape index (κ2) is 7.48. The van der Waals surface area contributed by atoms with E-state index in [1.54, 1.807) is 35.5 Å². The Balaban J connectivity index is 1.60. The van der Waals surface area contributed by atoms with Crippen LogP contribution in [0.5, 0.6) is 0 Å². The molecule has 2 aromatic carbocycles. The van der Waals surface area contributed by atoms with Crippen molar-refractivity contribution in [2.75, 3.05) is 6.54 Å². The lowest BCUT2D eigenvalue weighted by Crippen LogP contribution is -2.35. The topological polar surface area (TPSA) is 92.1 Å². The van der Waals surface area contributed by atoms with Crippen LogP contribution in [0.1, 0.15) is 21.5 Å². The number of amides is 1. The molecule has 0 unspecified atom stereocenters. The van der Waals surface area contributed by atoms with Gasteiger partial charge in [-0.15, -0.1) is 9.81 Å². The van der Waals surface area contributed by atoms with Crippen molar-refractivity contribution in [3.8, 4) is 11.1 Å². The summed E-state index contributed by atoms with van der Waals surface area (Å²) in [7, 11) is 0. The quantitative estimate of drug-likeness (QED) is 0.618. The van der Waals surface area contributed by atoms with Crippen molar-refractivity contribution in [1.82, 2.24) is 9.88 Å². The fourth-order valence-corrected chi connectivity index (χ4v) is 3.45. The van der Waals surface area contributed by atoms with Gasteiger partial charge in [0.1, 0.15) is 11.4 Å². The Morgan fingerprint density at radius 1 is 0.929 bits per heavy atom. The molecule has 0 atom stereocenters. The monoisotopic (exact) mass is 372 g/mol. The summed E-state index contributed by atoms with van der Waals surface area (Å²) in [4.78, 5) is 40.7. The van der Waals surface area contributed by atoms with Crippen LogP contribution in [0, 0.1) is 9.81 Å². The predicted molar refractivity (Wildman–Crippen MR) is 105 cm³/mol. The van der Waals surface area contributed by atoms with Gasteiger partial charge in [0.05, 0.1) is 0 Å². The molecule has 3 aromatic rings. The predicted octanol–water partition coefficient (Wildman–Crippen LogP) is 4.74. The number of carbonyl (C=O) groups excluding carboxylic acids is 1. The SMILES string of the molecule is O=Nc1cc2c(cc1N=O)CN(C(=O)c1cccc(-c3cccnc3)c1)CC2. The minimum atomic E-state index is -0.0883. The minimum absolute atomic E-state index is 0.00150. The van der Waals surface area contributed by atoms with Gasteiger partial charge in [-0.25, -0.2) is 0 Å². The zero-order valence-corrected chi connectivity index (χ0v) is 14.9. The molecule has 0 bridgehead atoms. The standard InChI is InChI=1S/C21H16N4O3/c26-21(16-4-1-3-14(9-16)17-5-2-7-22-12-17)25-8-6-15-10-19(23-27)20(24-28)11-18(15)13-25/h1-5,7,9-12H,6,8,13H2. The highest BCUT2D eigenvalue weighted by Crippen LogP contribution is 2.34. The Hall–Kier alpha value is -3.74. The van der Waals surface area contributed by atoms with Gasteiger partial charge in [0.15, 0.2) is 0 Å². The number of hydrogen-bond donors (Lipinski definition) is 0. The van der Waals surface area contributed by atoms with Gasteiger partial charge in [-0.3, -0.25) is 9.78 Å². The van der Waals surface area contributed by atoms with E-state index in [9.17, 15) is 14.6 Å². The molecule has 0 aliphatic carbocycles. The van der Waals surface area contributed by atoms with Gasteiger partial charge in [0.2, 0.25) is 0 Å². The molecule has 0 fully saturated rings. The summed E-state index contributed by atoms with van der Waals surface area (Å²) in [5.74, 6) is -0.0883. The molecular weight excluding hydrogens is 356 g/mol. The zero-order valence-electron chi connectivity index (χ0n) is 14.9. The van der Waals surface area contributed by atoms with Gasteiger partial charge >= 0.3 is 0 Å². The molecular formula is C21H16N4O3. The average molecular weight is 372 g/mol. The summed E-state index contributed by atoms with van der Waals surface area (Å²) in [6, 6.07) is 14.4. The number of nitrogens with zero attached hydrogens (tertiary/aromatic N) is 4. The van der Waals surface area contributed by atoms with Crippen LogP contribution >= 0.6 is 0 Å². The van der Waals surface area contributed by atoms with Crippen molar-refractivity contribution >= 4 is 17.3 Å². The highest BCUT2D eigenvalue weighted by atomic mass is 16.3. The van der Waals surface area contributed by atoms with E-state index in [-0.39, 0.29) is 17.3 Å². The van der Waals surface area contributed by atoms with Crippen LogP contribution in [0.15, 0.2) is 71.3 Å². The molecule has 0 saturated carbocycles. The number of fused-ring (bicyclic) bond motifs is 1. The van der Waals surface area contributed by atoms with E-state index in [0.717, 1.165) is 22.3 Å². The Bertz CT molecular complexity index is 1070. The molecule has 4 rings (SSSR count). The minimum Gasteiger partial charge on any atom is -0.334 e. The van der Waals surface area contributed by atoms with Crippen molar-refractivity contribution < 1.29 is 4.79 Å². The van der Waals surface area contributed by atoms with Gasteiger partial charge in [-0.05, 0) is 63.8 Å². The van der Waals surface area contributed by atoms with Gasteiger partial charge in [0, 0.05) is 36.6 Å². The maximum absolute atomic E-state index is 13.0. The van der Waals surface area contributed by atoms with Gasteiger partial charge in [-0.2, -0.15) is 0 Å². The molecule has 0 radical (unpaired) electrons. The molecule has 7 heteroatoms. The number of hydrogen-bond acceptors (Lipinski definition) is 6. The number of carbonyl (C=O) groups is 1. The largest absolute Gasteiger partial charge is 0.334 e. The molecule has 1 aliphatic heterocycles. The van der Waals surface area contributed by atoms with Crippen molar-refractivity contribution in [2.24, 2.45) is 10.4 Å². The zero-order chi connectivity index (χ0) is 19.5. The van der Waals surface area contributed by atoms with E-state index in [0.29, 0.717) is 25.1 Å². The third-order valence-corrected chi connectivity index (χ3v) is 4.90. The molecule has 0 N–H and O–H groups in total. The van der Waals surface area contributed by atoms with Crippen LogP contribution in [0.2, 0.25) is 0 Å². The molecule has 28 heavy (non-hydrogen) atoms. The smallest absolute Gasteiger partial charge is 0.254 e. The van der Waals surface area contributed by atoms with E-state index in [1.807, 2.05) is 30.3 Å². The summed E-state index contributed by atoms with van der Waals surface area (Å²) in [6.07, 6.45) is 4.05. The van der Waals surface area contributed by atoms with E-state index < -0.39 is 0 Å². The number of rotatable bonds is 4. The molecule has 138 valence electrons. The lowest BCUT2D eigenvalue weighted by atomic mass is 9.97. The van der Waals surface area contributed by atoms with Crippen LogP contribution in [-0.4, -0.2) is 22.3 Å². The van der Waals surface area contributed by atoms with Crippen LogP contribution in [0.4, 0.5) is 11.4 Å². The average Bonchev–Trinajstić information content (AvgIpc) is 2.77. The van der Waals surface area contributed by atoms with E-state index in [4.69, 9.17) is 0 Å². The summed E-state index contributed by atoms with van der Waals surface area (Å²) < 4.78 is 0. The van der Waals surface area contributed by atoms with Crippen molar-refractivity contribution in [2.45, 2.75) is 13.0 Å². The van der Waals surface area contributed by atoms with Gasteiger partial charge in [0.25, 0.3) is 5.91 Å². The van der Waals surface area contributed by atoms with Crippen LogP contribution in [-0.2, 0) is 13.0 Å². The summed E-state index contributed by atoms with van der Waals surface area (Å²) in [5.41, 5.74) is 4.21. The molecule has 0 saturated heterocycles. The third-order valence-electron chi connectivity index (χ3n) is 4.90. The Morgan fingerprint density at radius 2 is 1.68 bits per heavy atom. The summed E-state index contributed by atoms with van der Waals surface area (Å²) in [5, 5.41) is 5.73. The molecule has 2 heterocycles. The number of aromatic nitrogens is 1. The fourth-order valence-electron chi connectivity index (χ4n) is 3.45. The van der Waals surface area contributed by atoms with Crippen LogP contribution < -0.4 is 0 Å². The van der Waals surface area contributed by atoms with Gasteiger partial charge in [-0.1, -0.05) is 18.2 Å². The molecule has 1 aliphatic rings. The van der Waals surface area contributed by atoms with Gasteiger partial charge < -0.3 is 4.90 Å². The Kier molecular flexibility index (Phi) is 4.72. The maximum Gasteiger partial charge on any atom is 0.254 e. The first-order chi connectivity index (χ1) is 13.7. The molecule has 1 amide bonds. The Morgan fingerprint density at radius 3 is 2.39 bits per heavy atom. The van der Waals surface area contributed by atoms with E-state index >= 15 is 0 Å². The maximum atomic E-state index is 13.0. The van der Waals surface area contributed by atoms with Crippen molar-refractivity contribution in [1.29, 1.82) is 0 Å². The normalized spacial score (nSPS) is 12.9. The highest BCUT2D eigenvalue weighted by Gasteiger charge is 2.24. The molecule has 0 spiro atoms. The highest BCUT2D eigenvalue weighted by molar-refractivity contribution is 5.95. The lowest BCUT2D eigenvalue weighted by Gasteiger charge is -2.29. The van der Waals surface area contributed by atoms with Crippen molar-refractivity contribution in [3.63, 3.8) is 0 Å². The Labute approximate surface area is 161 Å². The summed E-state index contributed by atoms with van der Waals surface area (Å²) >= 11 is 0. The third kappa shape index (κ3) is 3.29. The molecule has 1 aromatic heterocycles. The van der Waals surface area contributed by atoms with Crippen LogP contribution in [0.25, 0.3) is 11.1 Å².